The predicted molar refractivity (Wildman–Crippen MR) is 118 cm³/mol. The van der Waals surface area contributed by atoms with Crippen LogP contribution in [0, 0.1) is 19.8 Å². The first-order valence-corrected chi connectivity index (χ1v) is 11.1. The molecule has 1 aromatic carbocycles. The fourth-order valence-corrected chi connectivity index (χ4v) is 4.05. The summed E-state index contributed by atoms with van der Waals surface area (Å²) >= 11 is 6.24. The van der Waals surface area contributed by atoms with Crippen molar-refractivity contribution in [1.82, 2.24) is 14.7 Å². The van der Waals surface area contributed by atoms with Crippen LogP contribution in [0.5, 0.6) is 0 Å². The van der Waals surface area contributed by atoms with Crippen LogP contribution in [0.15, 0.2) is 24.3 Å². The van der Waals surface area contributed by atoms with E-state index in [1.54, 1.807) is 36.4 Å². The highest BCUT2D eigenvalue weighted by atomic mass is 35.5. The summed E-state index contributed by atoms with van der Waals surface area (Å²) in [6.45, 7) is 6.59. The monoisotopic (exact) mass is 461 g/mol. The summed E-state index contributed by atoms with van der Waals surface area (Å²) < 4.78 is 12.1. The molecule has 1 saturated heterocycles. The number of halogens is 1. The van der Waals surface area contributed by atoms with Gasteiger partial charge in [0.15, 0.2) is 6.61 Å². The average Bonchev–Trinajstić information content (AvgIpc) is 3.06. The molecule has 0 saturated carbocycles. The third-order valence-corrected chi connectivity index (χ3v) is 6.03. The molecule has 32 heavy (non-hydrogen) atoms. The quantitative estimate of drug-likeness (QED) is 0.588. The number of nitrogens with zero attached hydrogens (tertiary/aromatic N) is 3. The maximum Gasteiger partial charge on any atom is 0.342 e. The number of carbonyl (C=O) groups is 3. The molecule has 1 aliphatic rings. The van der Waals surface area contributed by atoms with Crippen molar-refractivity contribution in [2.75, 3.05) is 26.3 Å². The minimum atomic E-state index is -0.583. The van der Waals surface area contributed by atoms with E-state index in [9.17, 15) is 14.4 Å². The second-order valence-electron chi connectivity index (χ2n) is 7.78. The molecule has 1 amide bonds. The summed E-state index contributed by atoms with van der Waals surface area (Å²) in [7, 11) is 0. The summed E-state index contributed by atoms with van der Waals surface area (Å²) in [6, 6.07) is 7.45. The van der Waals surface area contributed by atoms with Gasteiger partial charge in [0, 0.05) is 18.1 Å². The van der Waals surface area contributed by atoms with Gasteiger partial charge >= 0.3 is 11.9 Å². The molecule has 1 fully saturated rings. The number of ether oxygens (including phenoxy) is 2. The molecule has 0 N–H and O–H groups in total. The van der Waals surface area contributed by atoms with Crippen molar-refractivity contribution in [2.45, 2.75) is 40.2 Å². The average molecular weight is 462 g/mol. The second-order valence-corrected chi connectivity index (χ2v) is 8.19. The maximum atomic E-state index is 12.7. The van der Waals surface area contributed by atoms with Crippen molar-refractivity contribution in [3.63, 3.8) is 0 Å². The van der Waals surface area contributed by atoms with Gasteiger partial charge in [0.25, 0.3) is 5.91 Å². The molecule has 3 rings (SSSR count). The van der Waals surface area contributed by atoms with E-state index in [-0.39, 0.29) is 24.4 Å². The molecule has 2 heterocycles. The van der Waals surface area contributed by atoms with Gasteiger partial charge in [0.05, 0.1) is 30.5 Å². The maximum absolute atomic E-state index is 12.7. The van der Waals surface area contributed by atoms with Gasteiger partial charge in [-0.2, -0.15) is 5.10 Å². The number of aryl methyl sites for hydroxylation is 1. The number of likely N-dealkylation sites (tertiary alicyclic amines) is 1. The Bertz CT molecular complexity index is 996. The number of rotatable bonds is 7. The molecule has 2 aromatic rings. The van der Waals surface area contributed by atoms with Crippen LogP contribution in [0.25, 0.3) is 0 Å². The lowest BCUT2D eigenvalue weighted by Gasteiger charge is -2.30. The Hall–Kier alpha value is -2.87. The van der Waals surface area contributed by atoms with Gasteiger partial charge in [-0.15, -0.1) is 0 Å². The minimum Gasteiger partial charge on any atom is -0.466 e. The Morgan fingerprint density at radius 2 is 1.81 bits per heavy atom. The highest BCUT2D eigenvalue weighted by molar-refractivity contribution is 6.31. The molecule has 0 bridgehead atoms. The highest BCUT2D eigenvalue weighted by Gasteiger charge is 2.29. The van der Waals surface area contributed by atoms with Gasteiger partial charge in [-0.25, -0.2) is 4.79 Å². The van der Waals surface area contributed by atoms with E-state index in [2.05, 4.69) is 5.10 Å². The third kappa shape index (κ3) is 5.48. The van der Waals surface area contributed by atoms with E-state index in [1.807, 2.05) is 18.2 Å². The van der Waals surface area contributed by atoms with Gasteiger partial charge in [-0.1, -0.05) is 29.8 Å². The number of amides is 1. The first kappa shape index (κ1) is 23.8. The lowest BCUT2D eigenvalue weighted by Crippen LogP contribution is -2.42. The molecule has 0 unspecified atom stereocenters. The van der Waals surface area contributed by atoms with Gasteiger partial charge in [-0.3, -0.25) is 14.3 Å². The van der Waals surface area contributed by atoms with E-state index in [0.29, 0.717) is 61.1 Å². The predicted octanol–water partition coefficient (Wildman–Crippen LogP) is 3.16. The third-order valence-electron chi connectivity index (χ3n) is 5.66. The zero-order chi connectivity index (χ0) is 23.3. The first-order chi connectivity index (χ1) is 15.3. The van der Waals surface area contributed by atoms with Crippen LogP contribution in [0.3, 0.4) is 0 Å². The Labute approximate surface area is 192 Å². The highest BCUT2D eigenvalue weighted by Crippen LogP contribution is 2.21. The van der Waals surface area contributed by atoms with E-state index >= 15 is 0 Å². The number of esters is 2. The molecular formula is C23H28ClN3O5. The summed E-state index contributed by atoms with van der Waals surface area (Å²) in [5.74, 6) is -1.26. The lowest BCUT2D eigenvalue weighted by atomic mass is 9.97. The largest absolute Gasteiger partial charge is 0.466 e. The standard InChI is InChI=1S/C23H28ClN3O5/c1-4-31-22(29)17-9-11-26(12-10-17)20(28)14-32-23(30)21-15(2)25-27(16(21)3)13-18-7-5-6-8-19(18)24/h5-8,17H,4,9-14H2,1-3H3. The molecule has 1 aromatic heterocycles. The Morgan fingerprint density at radius 1 is 1.12 bits per heavy atom. The molecule has 1 aliphatic heterocycles. The molecule has 0 atom stereocenters. The molecule has 0 radical (unpaired) electrons. The van der Waals surface area contributed by atoms with Crippen LogP contribution in [-0.4, -0.2) is 58.8 Å². The second kappa shape index (κ2) is 10.6. The number of carbonyl (C=O) groups excluding carboxylic acids is 3. The Balaban J connectivity index is 1.56. The number of hydrogen-bond acceptors (Lipinski definition) is 6. The van der Waals surface area contributed by atoms with Crippen LogP contribution in [0.4, 0.5) is 0 Å². The first-order valence-electron chi connectivity index (χ1n) is 10.7. The lowest BCUT2D eigenvalue weighted by molar-refractivity contribution is -0.151. The molecule has 0 aliphatic carbocycles. The number of piperidine rings is 1. The van der Waals surface area contributed by atoms with E-state index < -0.39 is 5.97 Å². The van der Waals surface area contributed by atoms with Crippen molar-refractivity contribution >= 4 is 29.4 Å². The van der Waals surface area contributed by atoms with E-state index in [4.69, 9.17) is 21.1 Å². The smallest absolute Gasteiger partial charge is 0.342 e. The summed E-state index contributed by atoms with van der Waals surface area (Å²) in [6.07, 6.45) is 1.09. The minimum absolute atomic E-state index is 0.184. The van der Waals surface area contributed by atoms with E-state index in [0.717, 1.165) is 5.56 Å². The van der Waals surface area contributed by atoms with Gasteiger partial charge in [0.1, 0.15) is 5.56 Å². The molecule has 0 spiro atoms. The number of benzene rings is 1. The van der Waals surface area contributed by atoms with Crippen molar-refractivity contribution in [3.8, 4) is 0 Å². The number of hydrogen-bond donors (Lipinski definition) is 0. The van der Waals surface area contributed by atoms with Gasteiger partial charge in [0.2, 0.25) is 0 Å². The van der Waals surface area contributed by atoms with Gasteiger partial charge in [-0.05, 0) is 45.2 Å². The van der Waals surface area contributed by atoms with Crippen molar-refractivity contribution < 1.29 is 23.9 Å². The Morgan fingerprint density at radius 3 is 2.47 bits per heavy atom. The van der Waals surface area contributed by atoms with Crippen molar-refractivity contribution in [3.05, 3.63) is 51.8 Å². The van der Waals surface area contributed by atoms with Crippen LogP contribution in [-0.2, 0) is 25.6 Å². The van der Waals surface area contributed by atoms with Crippen LogP contribution in [0.1, 0.15) is 47.1 Å². The van der Waals surface area contributed by atoms with E-state index in [1.165, 1.54) is 0 Å². The van der Waals surface area contributed by atoms with Crippen LogP contribution >= 0.6 is 11.6 Å². The van der Waals surface area contributed by atoms with Crippen molar-refractivity contribution in [2.24, 2.45) is 5.92 Å². The molecule has 9 heteroatoms. The normalized spacial score (nSPS) is 14.3. The fraction of sp³-hybridized carbons (Fsp3) is 0.478. The Kier molecular flexibility index (Phi) is 7.90. The topological polar surface area (TPSA) is 90.7 Å². The van der Waals surface area contributed by atoms with Crippen LogP contribution < -0.4 is 0 Å². The van der Waals surface area contributed by atoms with Crippen molar-refractivity contribution in [1.29, 1.82) is 0 Å². The summed E-state index contributed by atoms with van der Waals surface area (Å²) in [5.41, 5.74) is 2.42. The SMILES string of the molecule is CCOC(=O)C1CCN(C(=O)COC(=O)c2c(C)nn(Cc3ccccc3Cl)c2C)CC1. The summed E-state index contributed by atoms with van der Waals surface area (Å²) in [4.78, 5) is 38.6. The molecule has 8 nitrogen and oxygen atoms in total. The zero-order valence-corrected chi connectivity index (χ0v) is 19.4. The summed E-state index contributed by atoms with van der Waals surface area (Å²) in [5, 5.41) is 5.07. The molecular weight excluding hydrogens is 434 g/mol. The van der Waals surface area contributed by atoms with Gasteiger partial charge < -0.3 is 14.4 Å². The van der Waals surface area contributed by atoms with Crippen LogP contribution in [0.2, 0.25) is 5.02 Å². The molecule has 172 valence electrons. The fourth-order valence-electron chi connectivity index (χ4n) is 3.85. The zero-order valence-electron chi connectivity index (χ0n) is 18.6. The number of aromatic nitrogens is 2.